The van der Waals surface area contributed by atoms with Gasteiger partial charge in [0, 0.05) is 4.48 Å². The second-order valence-corrected chi connectivity index (χ2v) is 6.61. The van der Waals surface area contributed by atoms with Gasteiger partial charge in [0.05, 0.1) is 10.1 Å². The van der Waals surface area contributed by atoms with Crippen LogP contribution in [0.3, 0.4) is 0 Å². The number of rotatable bonds is 6. The van der Waals surface area contributed by atoms with Crippen LogP contribution in [-0.2, 0) is 23.9 Å². The van der Waals surface area contributed by atoms with E-state index in [1.807, 2.05) is 6.92 Å². The third kappa shape index (κ3) is 4.78. The highest BCUT2D eigenvalue weighted by atomic mass is 79.9. The smallest absolute Gasteiger partial charge is 0.344 e. The Morgan fingerprint density at radius 3 is 2.38 bits per heavy atom. The van der Waals surface area contributed by atoms with Crippen molar-refractivity contribution in [3.63, 3.8) is 0 Å². The Bertz CT molecular complexity index is 529. The van der Waals surface area contributed by atoms with Gasteiger partial charge in [-0.05, 0) is 36.2 Å². The zero-order chi connectivity index (χ0) is 16.2. The molecule has 0 saturated heterocycles. The highest BCUT2D eigenvalue weighted by molar-refractivity contribution is 9.12. The van der Waals surface area contributed by atoms with Crippen LogP contribution in [0.2, 0.25) is 0 Å². The number of cyclic esters (lactones) is 1. The van der Waals surface area contributed by atoms with Gasteiger partial charge in [0.1, 0.15) is 18.3 Å². The van der Waals surface area contributed by atoms with Crippen LogP contribution < -0.4 is 0 Å². The van der Waals surface area contributed by atoms with Crippen LogP contribution in [0.25, 0.3) is 0 Å². The third-order valence-electron chi connectivity index (χ3n) is 2.70. The maximum absolute atomic E-state index is 12.0. The van der Waals surface area contributed by atoms with Gasteiger partial charge in [-0.3, -0.25) is 9.59 Å². The summed E-state index contributed by atoms with van der Waals surface area (Å²) in [6, 6.07) is 0. The molecule has 1 heterocycles. The lowest BCUT2D eigenvalue weighted by Gasteiger charge is -2.16. The summed E-state index contributed by atoms with van der Waals surface area (Å²) in [5, 5.41) is 0. The highest BCUT2D eigenvalue weighted by Crippen LogP contribution is 2.37. The van der Waals surface area contributed by atoms with Gasteiger partial charge in [0.15, 0.2) is 5.76 Å². The fourth-order valence-electron chi connectivity index (χ4n) is 1.83. The Morgan fingerprint density at radius 1 is 1.33 bits per heavy atom. The molecule has 1 atom stereocenters. The third-order valence-corrected chi connectivity index (χ3v) is 3.85. The van der Waals surface area contributed by atoms with Crippen molar-refractivity contribution in [2.24, 2.45) is 0 Å². The summed E-state index contributed by atoms with van der Waals surface area (Å²) in [6.07, 6.45) is 0.146. The van der Waals surface area contributed by atoms with E-state index >= 15 is 0 Å². The quantitative estimate of drug-likeness (QED) is 0.483. The van der Waals surface area contributed by atoms with Crippen LogP contribution in [0, 0.1) is 0 Å². The number of Topliss-reactive ketones (excluding diaryl/α,β-unsaturated/α-hetero) is 1. The minimum absolute atomic E-state index is 0.266. The molecule has 21 heavy (non-hydrogen) atoms. The lowest BCUT2D eigenvalue weighted by molar-refractivity contribution is -0.150. The van der Waals surface area contributed by atoms with E-state index in [-0.39, 0.29) is 17.8 Å². The molecule has 0 aromatic carbocycles. The fraction of sp³-hybridized carbons (Fsp3) is 0.500. The maximum atomic E-state index is 12.0. The van der Waals surface area contributed by atoms with Gasteiger partial charge in [0.2, 0.25) is 0 Å². The van der Waals surface area contributed by atoms with Crippen molar-refractivity contribution < 1.29 is 23.9 Å². The van der Waals surface area contributed by atoms with Gasteiger partial charge in [-0.1, -0.05) is 29.3 Å². The lowest BCUT2D eigenvalue weighted by Crippen LogP contribution is -2.24. The summed E-state index contributed by atoms with van der Waals surface area (Å²) in [6.45, 7) is 4.96. The molecule has 116 valence electrons. The van der Waals surface area contributed by atoms with Crippen molar-refractivity contribution in [2.75, 3.05) is 0 Å². The second kappa shape index (κ2) is 7.89. The first-order valence-electron chi connectivity index (χ1n) is 6.45. The molecule has 0 N–H and O–H groups in total. The zero-order valence-corrected chi connectivity index (χ0v) is 15.2. The topological polar surface area (TPSA) is 69.7 Å². The Morgan fingerprint density at radius 2 is 1.95 bits per heavy atom. The van der Waals surface area contributed by atoms with Crippen LogP contribution >= 0.6 is 31.9 Å². The molecular formula is C14H16Br2O5. The molecule has 1 aliphatic rings. The van der Waals surface area contributed by atoms with Crippen LogP contribution in [0.4, 0.5) is 0 Å². The van der Waals surface area contributed by atoms with Crippen molar-refractivity contribution >= 4 is 49.6 Å². The summed E-state index contributed by atoms with van der Waals surface area (Å²) in [5.41, 5.74) is 0.266. The number of ketones is 1. The Hall–Kier alpha value is -0.950. The molecule has 0 saturated carbocycles. The Labute approximate surface area is 140 Å². The average molecular weight is 424 g/mol. The molecule has 1 rings (SSSR count). The Kier molecular flexibility index (Phi) is 6.80. The van der Waals surface area contributed by atoms with Crippen molar-refractivity contribution in [1.29, 1.82) is 0 Å². The fourth-order valence-corrected chi connectivity index (χ4v) is 3.17. The van der Waals surface area contributed by atoms with E-state index in [1.165, 1.54) is 6.92 Å². The standard InChI is InChI=1S/C14H16Br2O5/c1-4-5-9(20-10(18)6-7(2)17)11-12(16)13(8(3)15)21-14(11)19/h9H,4-6H2,1-3H3/b13-8-. The number of ether oxygens (including phenoxy) is 2. The first-order valence-corrected chi connectivity index (χ1v) is 8.04. The first-order chi connectivity index (χ1) is 9.77. The van der Waals surface area contributed by atoms with Crippen molar-refractivity contribution in [1.82, 2.24) is 0 Å². The van der Waals surface area contributed by atoms with E-state index in [2.05, 4.69) is 31.9 Å². The zero-order valence-electron chi connectivity index (χ0n) is 12.0. The van der Waals surface area contributed by atoms with Gasteiger partial charge < -0.3 is 9.47 Å². The van der Waals surface area contributed by atoms with E-state index in [9.17, 15) is 14.4 Å². The molecule has 0 spiro atoms. The number of carbonyl (C=O) groups is 3. The number of allylic oxidation sites excluding steroid dienone is 2. The summed E-state index contributed by atoms with van der Waals surface area (Å²) < 4.78 is 11.5. The molecular weight excluding hydrogens is 408 g/mol. The lowest BCUT2D eigenvalue weighted by atomic mass is 10.1. The molecule has 1 unspecified atom stereocenters. The molecule has 0 bridgehead atoms. The van der Waals surface area contributed by atoms with Gasteiger partial charge in [-0.25, -0.2) is 4.79 Å². The molecule has 1 aliphatic heterocycles. The molecule has 0 fully saturated rings. The minimum atomic E-state index is -0.729. The van der Waals surface area contributed by atoms with E-state index < -0.39 is 18.0 Å². The van der Waals surface area contributed by atoms with Gasteiger partial charge in [-0.2, -0.15) is 0 Å². The predicted octanol–water partition coefficient (Wildman–Crippen LogP) is 3.51. The maximum Gasteiger partial charge on any atom is 0.344 e. The van der Waals surface area contributed by atoms with E-state index in [1.54, 1.807) is 6.92 Å². The van der Waals surface area contributed by atoms with Crippen molar-refractivity contribution in [3.05, 3.63) is 20.3 Å². The molecule has 7 heteroatoms. The molecule has 0 aliphatic carbocycles. The minimum Gasteiger partial charge on any atom is -0.457 e. The van der Waals surface area contributed by atoms with Gasteiger partial charge in [0.25, 0.3) is 0 Å². The SMILES string of the molecule is CCCC(OC(=O)CC(C)=O)C1=C(Br)/C(=C(\C)Br)OC1=O. The van der Waals surface area contributed by atoms with Gasteiger partial charge >= 0.3 is 11.9 Å². The number of esters is 2. The predicted molar refractivity (Wildman–Crippen MR) is 83.8 cm³/mol. The van der Waals surface area contributed by atoms with Crippen LogP contribution in [0.5, 0.6) is 0 Å². The van der Waals surface area contributed by atoms with Crippen LogP contribution in [0.1, 0.15) is 40.0 Å². The second-order valence-electron chi connectivity index (χ2n) is 4.63. The van der Waals surface area contributed by atoms with Crippen LogP contribution in [0.15, 0.2) is 20.3 Å². The summed E-state index contributed by atoms with van der Waals surface area (Å²) in [7, 11) is 0. The molecule has 0 aromatic heterocycles. The average Bonchev–Trinajstić information content (AvgIpc) is 2.63. The summed E-state index contributed by atoms with van der Waals surface area (Å²) >= 11 is 6.57. The highest BCUT2D eigenvalue weighted by Gasteiger charge is 2.36. The number of hydrogen-bond acceptors (Lipinski definition) is 5. The number of halogens is 2. The largest absolute Gasteiger partial charge is 0.457 e. The van der Waals surface area contributed by atoms with Crippen LogP contribution in [-0.4, -0.2) is 23.8 Å². The Balaban J connectivity index is 3.05. The van der Waals surface area contributed by atoms with E-state index in [0.29, 0.717) is 27.6 Å². The molecule has 0 aromatic rings. The summed E-state index contributed by atoms with van der Waals surface area (Å²) in [5.74, 6) is -1.10. The van der Waals surface area contributed by atoms with Crippen molar-refractivity contribution in [2.45, 2.75) is 46.1 Å². The van der Waals surface area contributed by atoms with Gasteiger partial charge in [-0.15, -0.1) is 0 Å². The monoisotopic (exact) mass is 422 g/mol. The molecule has 0 amide bonds. The summed E-state index contributed by atoms with van der Waals surface area (Å²) in [4.78, 5) is 34.6. The molecule has 5 nitrogen and oxygen atoms in total. The number of carbonyl (C=O) groups excluding carboxylic acids is 3. The normalized spacial score (nSPS) is 18.4. The first kappa shape index (κ1) is 18.1. The number of hydrogen-bond donors (Lipinski definition) is 0. The van der Waals surface area contributed by atoms with E-state index in [0.717, 1.165) is 0 Å². The molecule has 0 radical (unpaired) electrons. The van der Waals surface area contributed by atoms with Crippen molar-refractivity contribution in [3.8, 4) is 0 Å². The van der Waals surface area contributed by atoms with E-state index in [4.69, 9.17) is 9.47 Å².